The molecule has 0 radical (unpaired) electrons. The fourth-order valence-corrected chi connectivity index (χ4v) is 5.75. The van der Waals surface area contributed by atoms with Crippen molar-refractivity contribution in [3.63, 3.8) is 0 Å². The zero-order valence-electron chi connectivity index (χ0n) is 27.0. The molecule has 0 aliphatic carbocycles. The van der Waals surface area contributed by atoms with Crippen LogP contribution in [0.25, 0.3) is 28.0 Å². The molecule has 47 heavy (non-hydrogen) atoms. The molecule has 0 saturated carbocycles. The van der Waals surface area contributed by atoms with Crippen LogP contribution in [0.4, 0.5) is 32.6 Å². The average Bonchev–Trinajstić information content (AvgIpc) is 2.96. The number of aromatic nitrogens is 4. The minimum atomic E-state index is -5.03. The third kappa shape index (κ3) is 6.50. The summed E-state index contributed by atoms with van der Waals surface area (Å²) in [4.78, 5) is 43.1. The van der Waals surface area contributed by atoms with Gasteiger partial charge in [0.2, 0.25) is 0 Å². The van der Waals surface area contributed by atoms with E-state index in [4.69, 9.17) is 4.74 Å². The number of nitrogens with zero attached hydrogens (tertiary/aromatic N) is 6. The number of halogens is 5. The molecular weight excluding hydrogens is 623 g/mol. The highest BCUT2D eigenvalue weighted by atomic mass is 19.4. The van der Waals surface area contributed by atoms with Gasteiger partial charge in [-0.3, -0.25) is 4.98 Å². The molecule has 14 heteroatoms. The summed E-state index contributed by atoms with van der Waals surface area (Å²) in [5, 5.41) is 0.00581. The second-order valence-corrected chi connectivity index (χ2v) is 12.9. The molecule has 3 aromatic heterocycles. The van der Waals surface area contributed by atoms with Crippen molar-refractivity contribution in [1.82, 2.24) is 24.4 Å². The van der Waals surface area contributed by atoms with Gasteiger partial charge in [-0.2, -0.15) is 18.2 Å². The molecule has 0 bridgehead atoms. The molecule has 0 unspecified atom stereocenters. The van der Waals surface area contributed by atoms with Crippen molar-refractivity contribution in [2.24, 2.45) is 0 Å². The predicted octanol–water partition coefficient (Wildman–Crippen LogP) is 7.02. The minimum Gasteiger partial charge on any atom is -0.444 e. The molecule has 4 aromatic rings. The number of pyridine rings is 2. The van der Waals surface area contributed by atoms with Crippen molar-refractivity contribution in [3.05, 3.63) is 75.5 Å². The molecule has 1 saturated heterocycles. The van der Waals surface area contributed by atoms with Gasteiger partial charge in [0.1, 0.15) is 22.9 Å². The van der Waals surface area contributed by atoms with Crippen molar-refractivity contribution in [1.29, 1.82) is 0 Å². The fraction of sp³-hybridized carbons (Fsp3) is 0.424. The molecule has 250 valence electrons. The molecule has 1 fully saturated rings. The van der Waals surface area contributed by atoms with Gasteiger partial charge in [0.25, 0.3) is 0 Å². The van der Waals surface area contributed by atoms with Crippen molar-refractivity contribution < 1.29 is 31.5 Å². The van der Waals surface area contributed by atoms with E-state index in [1.807, 2.05) is 13.8 Å². The molecule has 1 aromatic carbocycles. The predicted molar refractivity (Wildman–Crippen MR) is 167 cm³/mol. The van der Waals surface area contributed by atoms with Crippen LogP contribution in [-0.4, -0.2) is 61.8 Å². The lowest BCUT2D eigenvalue weighted by molar-refractivity contribution is -0.137. The molecule has 0 spiro atoms. The van der Waals surface area contributed by atoms with Gasteiger partial charge in [0, 0.05) is 31.9 Å². The van der Waals surface area contributed by atoms with Crippen molar-refractivity contribution >= 4 is 22.9 Å². The van der Waals surface area contributed by atoms with E-state index in [-0.39, 0.29) is 48.1 Å². The normalized spacial score (nSPS) is 15.9. The number of alkyl halides is 3. The van der Waals surface area contributed by atoms with E-state index < -0.39 is 58.1 Å². The van der Waals surface area contributed by atoms with Crippen molar-refractivity contribution in [2.75, 3.05) is 24.5 Å². The maximum atomic E-state index is 16.0. The quantitative estimate of drug-likeness (QED) is 0.218. The highest BCUT2D eigenvalue weighted by Crippen LogP contribution is 2.40. The van der Waals surface area contributed by atoms with E-state index in [9.17, 15) is 22.8 Å². The van der Waals surface area contributed by atoms with Crippen LogP contribution in [0.15, 0.2) is 41.3 Å². The molecule has 1 atom stereocenters. The first kappa shape index (κ1) is 33.7. The summed E-state index contributed by atoms with van der Waals surface area (Å²) in [6, 6.07) is 4.44. The Hall–Kier alpha value is -4.62. The van der Waals surface area contributed by atoms with Gasteiger partial charge in [-0.15, -0.1) is 0 Å². The Balaban J connectivity index is 1.78. The number of benzene rings is 1. The van der Waals surface area contributed by atoms with Crippen LogP contribution in [0.2, 0.25) is 0 Å². The lowest BCUT2D eigenvalue weighted by atomic mass is 10.0. The Morgan fingerprint density at radius 3 is 2.36 bits per heavy atom. The average molecular weight is 659 g/mol. The lowest BCUT2D eigenvalue weighted by Crippen LogP contribution is -2.55. The molecule has 1 aliphatic heterocycles. The van der Waals surface area contributed by atoms with Gasteiger partial charge in [-0.05, 0) is 70.4 Å². The second kappa shape index (κ2) is 12.2. The third-order valence-electron chi connectivity index (χ3n) is 7.83. The van der Waals surface area contributed by atoms with Gasteiger partial charge in [-0.25, -0.2) is 27.9 Å². The summed E-state index contributed by atoms with van der Waals surface area (Å²) in [6.07, 6.45) is -3.99. The maximum Gasteiger partial charge on any atom is 0.417 e. The van der Waals surface area contributed by atoms with Gasteiger partial charge < -0.3 is 14.5 Å². The molecule has 1 aliphatic rings. The van der Waals surface area contributed by atoms with Gasteiger partial charge in [0.15, 0.2) is 11.5 Å². The van der Waals surface area contributed by atoms with Gasteiger partial charge in [-0.1, -0.05) is 19.9 Å². The Morgan fingerprint density at radius 1 is 1.04 bits per heavy atom. The lowest BCUT2D eigenvalue weighted by Gasteiger charge is -2.41. The number of piperazine rings is 1. The Morgan fingerprint density at radius 2 is 1.74 bits per heavy atom. The third-order valence-corrected chi connectivity index (χ3v) is 7.83. The topological polar surface area (TPSA) is 93.5 Å². The number of aryl methyl sites for hydroxylation is 1. The van der Waals surface area contributed by atoms with Crippen molar-refractivity contribution in [3.8, 4) is 16.9 Å². The number of anilines is 1. The van der Waals surface area contributed by atoms with Gasteiger partial charge in [0.05, 0.1) is 27.9 Å². The number of carbonyl (C=O) groups is 1. The largest absolute Gasteiger partial charge is 0.444 e. The fourth-order valence-electron chi connectivity index (χ4n) is 5.75. The number of fused-ring (bicyclic) bond motifs is 1. The zero-order chi connectivity index (χ0) is 34.6. The SMILES string of the molecule is Cc1ccnc(C(C)C)c1-n1c(=O)nc(N2CCN(C(=O)OC(C)(C)C)C[C@@H]2C)c2cc(F)c(-c3c(F)cccc3C(F)(F)F)nc21. The summed E-state index contributed by atoms with van der Waals surface area (Å²) < 4.78 is 80.0. The van der Waals surface area contributed by atoms with Crippen LogP contribution in [0, 0.1) is 18.6 Å². The van der Waals surface area contributed by atoms with Crippen molar-refractivity contribution in [2.45, 2.75) is 72.2 Å². The number of hydrogen-bond donors (Lipinski definition) is 0. The van der Waals surface area contributed by atoms with Crippen LogP contribution in [0.3, 0.4) is 0 Å². The van der Waals surface area contributed by atoms with E-state index in [1.54, 1.807) is 51.8 Å². The van der Waals surface area contributed by atoms with Gasteiger partial charge >= 0.3 is 18.0 Å². The first-order chi connectivity index (χ1) is 21.9. The number of rotatable bonds is 4. The number of ether oxygens (including phenoxy) is 1. The van der Waals surface area contributed by atoms with Crippen LogP contribution in [0.1, 0.15) is 64.3 Å². The minimum absolute atomic E-state index is 0.00581. The highest BCUT2D eigenvalue weighted by molar-refractivity contribution is 5.91. The molecule has 0 N–H and O–H groups in total. The van der Waals surface area contributed by atoms with E-state index in [0.717, 1.165) is 22.8 Å². The summed E-state index contributed by atoms with van der Waals surface area (Å²) >= 11 is 0. The van der Waals surface area contributed by atoms with E-state index in [1.165, 1.54) is 4.90 Å². The standard InChI is InChI=1S/C33H35F5N6O3/c1-17(2)25-27(18(3)11-12-39-25)44-29-20(15-23(35)26(40-29)24-21(33(36,37)38)9-8-10-22(24)34)28(41-30(44)45)43-14-13-42(16-19(43)4)31(46)47-32(5,6)7/h8-12,15,17,19H,13-14,16H2,1-7H3/t19-/m0/s1. The Labute approximate surface area is 268 Å². The number of carbonyl (C=O) groups excluding carboxylic acids is 1. The molecule has 4 heterocycles. The zero-order valence-corrected chi connectivity index (χ0v) is 27.0. The Bertz CT molecular complexity index is 1920. The monoisotopic (exact) mass is 658 g/mol. The summed E-state index contributed by atoms with van der Waals surface area (Å²) in [5.74, 6) is -2.77. The molecule has 9 nitrogen and oxygen atoms in total. The molecular formula is C33H35F5N6O3. The highest BCUT2D eigenvalue weighted by Gasteiger charge is 2.37. The molecule has 5 rings (SSSR count). The maximum absolute atomic E-state index is 16.0. The van der Waals surface area contributed by atoms with E-state index in [2.05, 4.69) is 15.0 Å². The van der Waals surface area contributed by atoms with Crippen LogP contribution >= 0.6 is 0 Å². The summed E-state index contributed by atoms with van der Waals surface area (Å²) in [7, 11) is 0. The van der Waals surface area contributed by atoms with E-state index >= 15 is 8.78 Å². The smallest absolute Gasteiger partial charge is 0.417 e. The Kier molecular flexibility index (Phi) is 8.75. The molecule has 1 amide bonds. The number of amides is 1. The summed E-state index contributed by atoms with van der Waals surface area (Å²) in [5.41, 5.74) is -3.87. The van der Waals surface area contributed by atoms with E-state index in [0.29, 0.717) is 17.3 Å². The first-order valence-corrected chi connectivity index (χ1v) is 15.1. The second-order valence-electron chi connectivity index (χ2n) is 12.9. The first-order valence-electron chi connectivity index (χ1n) is 15.1. The summed E-state index contributed by atoms with van der Waals surface area (Å²) in [6.45, 7) is 13.0. The van der Waals surface area contributed by atoms with Crippen LogP contribution in [-0.2, 0) is 10.9 Å². The number of hydrogen-bond acceptors (Lipinski definition) is 7. The van der Waals surface area contributed by atoms with Crippen LogP contribution < -0.4 is 10.6 Å². The van der Waals surface area contributed by atoms with Crippen LogP contribution in [0.5, 0.6) is 0 Å².